The first-order valence-electron chi connectivity index (χ1n) is 6.24. The normalized spacial score (nSPS) is 23.1. The number of carboxylic acid groups (broad SMARTS) is 1. The van der Waals surface area contributed by atoms with Crippen molar-refractivity contribution < 1.29 is 14.7 Å². The molecule has 2 rings (SSSR count). The third kappa shape index (κ3) is 2.83. The van der Waals surface area contributed by atoms with Gasteiger partial charge in [0.2, 0.25) is 5.91 Å². The summed E-state index contributed by atoms with van der Waals surface area (Å²) < 4.78 is 0. The lowest BCUT2D eigenvalue weighted by atomic mass is 9.93. The van der Waals surface area contributed by atoms with Gasteiger partial charge in [-0.05, 0) is 31.9 Å². The van der Waals surface area contributed by atoms with Gasteiger partial charge < -0.3 is 15.7 Å². The number of amides is 1. The van der Waals surface area contributed by atoms with Crippen LogP contribution in [0.15, 0.2) is 18.3 Å². The number of hydrogen-bond donors (Lipinski definition) is 2. The fourth-order valence-corrected chi connectivity index (χ4v) is 2.34. The molecule has 19 heavy (non-hydrogen) atoms. The van der Waals surface area contributed by atoms with Crippen LogP contribution in [-0.4, -0.2) is 34.6 Å². The molecule has 2 unspecified atom stereocenters. The average Bonchev–Trinajstić information content (AvgIpc) is 2.39. The lowest BCUT2D eigenvalue weighted by Crippen LogP contribution is -2.46. The maximum Gasteiger partial charge on any atom is 0.337 e. The Kier molecular flexibility index (Phi) is 3.69. The van der Waals surface area contributed by atoms with Crippen LogP contribution < -0.4 is 10.6 Å². The van der Waals surface area contributed by atoms with E-state index in [0.717, 1.165) is 12.8 Å². The maximum absolute atomic E-state index is 11.3. The fraction of sp³-hybridized carbons (Fsp3) is 0.462. The van der Waals surface area contributed by atoms with Crippen LogP contribution in [0, 0.1) is 5.92 Å². The van der Waals surface area contributed by atoms with Crippen LogP contribution in [0.4, 0.5) is 5.82 Å². The third-order valence-electron chi connectivity index (χ3n) is 3.57. The van der Waals surface area contributed by atoms with E-state index in [1.807, 2.05) is 4.90 Å². The lowest BCUT2D eigenvalue weighted by molar-refractivity contribution is -0.122. The van der Waals surface area contributed by atoms with Gasteiger partial charge in [0.05, 0.1) is 11.5 Å². The number of aromatic carboxylic acids is 1. The van der Waals surface area contributed by atoms with Gasteiger partial charge in [0.1, 0.15) is 5.82 Å². The monoisotopic (exact) mass is 263 g/mol. The maximum atomic E-state index is 11.3. The molecule has 102 valence electrons. The number of pyridine rings is 1. The Balaban J connectivity index is 2.18. The zero-order valence-electron chi connectivity index (χ0n) is 10.7. The van der Waals surface area contributed by atoms with Crippen molar-refractivity contribution in [3.8, 4) is 0 Å². The largest absolute Gasteiger partial charge is 0.478 e. The number of nitrogens with two attached hydrogens (primary N) is 1. The summed E-state index contributed by atoms with van der Waals surface area (Å²) in [5, 5.41) is 8.84. The summed E-state index contributed by atoms with van der Waals surface area (Å²) in [6.45, 7) is 2.60. The average molecular weight is 263 g/mol. The van der Waals surface area contributed by atoms with E-state index in [0.29, 0.717) is 12.4 Å². The smallest absolute Gasteiger partial charge is 0.337 e. The van der Waals surface area contributed by atoms with Crippen molar-refractivity contribution in [2.75, 3.05) is 11.4 Å². The molecule has 1 aliphatic rings. The van der Waals surface area contributed by atoms with Gasteiger partial charge in [0.25, 0.3) is 0 Å². The first-order chi connectivity index (χ1) is 8.99. The molecule has 0 saturated carbocycles. The van der Waals surface area contributed by atoms with Crippen LogP contribution in [0.25, 0.3) is 0 Å². The van der Waals surface area contributed by atoms with E-state index in [9.17, 15) is 9.59 Å². The first-order valence-corrected chi connectivity index (χ1v) is 6.24. The van der Waals surface area contributed by atoms with Crippen molar-refractivity contribution in [3.05, 3.63) is 23.9 Å². The molecule has 2 atom stereocenters. The van der Waals surface area contributed by atoms with Crippen molar-refractivity contribution in [1.82, 2.24) is 4.98 Å². The molecule has 1 fully saturated rings. The summed E-state index contributed by atoms with van der Waals surface area (Å²) in [6, 6.07) is 3.45. The number of piperidine rings is 1. The Morgan fingerprint density at radius 1 is 1.42 bits per heavy atom. The van der Waals surface area contributed by atoms with Crippen LogP contribution in [-0.2, 0) is 4.79 Å². The standard InChI is InChI=1S/C13H17N3O3/c1-8-2-3-10(12(14)17)7-16(8)11-5-4-9(6-15-11)13(18)19/h4-6,8,10H,2-3,7H2,1H3,(H2,14,17)(H,18,19). The minimum atomic E-state index is -0.999. The molecule has 0 aromatic carbocycles. The molecule has 0 spiro atoms. The molecular weight excluding hydrogens is 246 g/mol. The molecule has 1 saturated heterocycles. The number of carboxylic acids is 1. The Labute approximate surface area is 111 Å². The molecule has 0 aliphatic carbocycles. The highest BCUT2D eigenvalue weighted by Gasteiger charge is 2.29. The van der Waals surface area contributed by atoms with Crippen LogP contribution in [0.3, 0.4) is 0 Å². The van der Waals surface area contributed by atoms with E-state index < -0.39 is 5.97 Å². The molecule has 1 amide bonds. The van der Waals surface area contributed by atoms with E-state index in [-0.39, 0.29) is 23.4 Å². The predicted octanol–water partition coefficient (Wildman–Crippen LogP) is 0.870. The van der Waals surface area contributed by atoms with Crippen LogP contribution in [0.5, 0.6) is 0 Å². The Hall–Kier alpha value is -2.11. The van der Waals surface area contributed by atoms with Gasteiger partial charge in [-0.3, -0.25) is 4.79 Å². The molecule has 1 aliphatic heterocycles. The zero-order chi connectivity index (χ0) is 14.0. The summed E-state index contributed by atoms with van der Waals surface area (Å²) >= 11 is 0. The van der Waals surface area contributed by atoms with E-state index in [1.54, 1.807) is 6.07 Å². The molecule has 3 N–H and O–H groups in total. The number of primary amides is 1. The van der Waals surface area contributed by atoms with Crippen molar-refractivity contribution in [1.29, 1.82) is 0 Å². The second-order valence-corrected chi connectivity index (χ2v) is 4.89. The summed E-state index contributed by atoms with van der Waals surface area (Å²) in [5.74, 6) is -0.777. The minimum Gasteiger partial charge on any atom is -0.478 e. The molecule has 6 nitrogen and oxygen atoms in total. The molecular formula is C13H17N3O3. The van der Waals surface area contributed by atoms with Gasteiger partial charge in [-0.25, -0.2) is 9.78 Å². The molecule has 0 radical (unpaired) electrons. The van der Waals surface area contributed by atoms with Crippen LogP contribution >= 0.6 is 0 Å². The van der Waals surface area contributed by atoms with Gasteiger partial charge in [-0.15, -0.1) is 0 Å². The predicted molar refractivity (Wildman–Crippen MR) is 69.9 cm³/mol. The Morgan fingerprint density at radius 2 is 2.16 bits per heavy atom. The number of carbonyl (C=O) groups excluding carboxylic acids is 1. The number of hydrogen-bond acceptors (Lipinski definition) is 4. The summed E-state index contributed by atoms with van der Waals surface area (Å²) in [4.78, 5) is 28.2. The molecule has 1 aromatic rings. The van der Waals surface area contributed by atoms with Gasteiger partial charge in [0, 0.05) is 18.8 Å². The quantitative estimate of drug-likeness (QED) is 0.843. The molecule has 6 heteroatoms. The van der Waals surface area contributed by atoms with Crippen molar-refractivity contribution in [3.63, 3.8) is 0 Å². The van der Waals surface area contributed by atoms with E-state index in [2.05, 4.69) is 11.9 Å². The summed E-state index contributed by atoms with van der Waals surface area (Å²) in [6.07, 6.45) is 2.99. The fourth-order valence-electron chi connectivity index (χ4n) is 2.34. The van der Waals surface area contributed by atoms with Gasteiger partial charge in [-0.1, -0.05) is 0 Å². The number of anilines is 1. The zero-order valence-corrected chi connectivity index (χ0v) is 10.7. The summed E-state index contributed by atoms with van der Waals surface area (Å²) in [5.41, 5.74) is 5.51. The highest BCUT2D eigenvalue weighted by Crippen LogP contribution is 2.26. The second kappa shape index (κ2) is 5.26. The number of aromatic nitrogens is 1. The number of rotatable bonds is 3. The van der Waals surface area contributed by atoms with Crippen molar-refractivity contribution in [2.24, 2.45) is 11.7 Å². The van der Waals surface area contributed by atoms with Crippen molar-refractivity contribution in [2.45, 2.75) is 25.8 Å². The highest BCUT2D eigenvalue weighted by atomic mass is 16.4. The van der Waals surface area contributed by atoms with Crippen LogP contribution in [0.2, 0.25) is 0 Å². The van der Waals surface area contributed by atoms with E-state index in [1.165, 1.54) is 12.3 Å². The molecule has 1 aromatic heterocycles. The van der Waals surface area contributed by atoms with Gasteiger partial charge in [-0.2, -0.15) is 0 Å². The minimum absolute atomic E-state index is 0.153. The summed E-state index contributed by atoms with van der Waals surface area (Å²) in [7, 11) is 0. The lowest BCUT2D eigenvalue weighted by Gasteiger charge is -2.37. The van der Waals surface area contributed by atoms with E-state index in [4.69, 9.17) is 10.8 Å². The van der Waals surface area contributed by atoms with E-state index >= 15 is 0 Å². The second-order valence-electron chi connectivity index (χ2n) is 4.89. The highest BCUT2D eigenvalue weighted by molar-refractivity contribution is 5.87. The van der Waals surface area contributed by atoms with Crippen LogP contribution in [0.1, 0.15) is 30.1 Å². The number of nitrogens with zero attached hydrogens (tertiary/aromatic N) is 2. The Morgan fingerprint density at radius 3 is 2.68 bits per heavy atom. The van der Waals surface area contributed by atoms with Crippen molar-refractivity contribution >= 4 is 17.7 Å². The topological polar surface area (TPSA) is 96.5 Å². The molecule has 2 heterocycles. The number of carbonyl (C=O) groups is 2. The molecule has 0 bridgehead atoms. The van der Waals surface area contributed by atoms with Gasteiger partial charge in [0.15, 0.2) is 0 Å². The third-order valence-corrected chi connectivity index (χ3v) is 3.57. The first kappa shape index (κ1) is 13.3. The van der Waals surface area contributed by atoms with Gasteiger partial charge >= 0.3 is 5.97 Å². The SMILES string of the molecule is CC1CCC(C(N)=O)CN1c1ccc(C(=O)O)cn1. The Bertz CT molecular complexity index is 486.